The van der Waals surface area contributed by atoms with Crippen LogP contribution in [-0.4, -0.2) is 262 Å². The molecule has 2 rings (SSSR count). The fraction of sp³-hybridized carbons (Fsp3) is 0.746. The molecular formula is C63H110N8O22. The highest BCUT2D eigenvalue weighted by atomic mass is 16.6. The largest absolute Gasteiger partial charge is 0.463 e. The lowest BCUT2D eigenvalue weighted by Crippen LogP contribution is -2.59. The number of likely N-dealkylation sites (N-methyl/N-ethyl adjacent to an activating group) is 1. The molecule has 0 radical (unpaired) electrons. The first-order valence-electron chi connectivity index (χ1n) is 32.2. The van der Waals surface area contributed by atoms with Gasteiger partial charge in [0.2, 0.25) is 23.6 Å². The molecule has 0 bridgehead atoms. The van der Waals surface area contributed by atoms with Gasteiger partial charge in [-0.1, -0.05) is 39.2 Å². The molecular weight excluding hydrogens is 1220 g/mol. The highest BCUT2D eigenvalue weighted by Gasteiger charge is 2.41. The number of nitrogens with one attached hydrogen (secondary N) is 7. The van der Waals surface area contributed by atoms with Crippen molar-refractivity contribution in [1.29, 1.82) is 0 Å². The normalized spacial score (nSPS) is 18.1. The summed E-state index contributed by atoms with van der Waals surface area (Å²) in [7, 11) is 1.87. The minimum atomic E-state index is -0.764. The summed E-state index contributed by atoms with van der Waals surface area (Å²) in [5, 5.41) is 19.9. The molecule has 0 saturated carbocycles. The molecule has 0 aliphatic heterocycles. The van der Waals surface area contributed by atoms with Gasteiger partial charge < -0.3 is 109 Å². The molecule has 2 aliphatic rings. The van der Waals surface area contributed by atoms with Crippen LogP contribution in [0.4, 0.5) is 9.59 Å². The van der Waals surface area contributed by atoms with Crippen molar-refractivity contribution in [3.8, 4) is 0 Å². The van der Waals surface area contributed by atoms with Crippen molar-refractivity contribution in [3.63, 3.8) is 0 Å². The van der Waals surface area contributed by atoms with E-state index in [0.29, 0.717) is 149 Å². The first-order valence-corrected chi connectivity index (χ1v) is 32.2. The maximum atomic E-state index is 12.7. The lowest BCUT2D eigenvalue weighted by Gasteiger charge is -2.38. The number of carbonyl (C=O) groups excluding carboxylic acids is 8. The summed E-state index contributed by atoms with van der Waals surface area (Å²) in [4.78, 5) is 98.9. The van der Waals surface area contributed by atoms with E-state index < -0.39 is 60.5 Å². The molecule has 6 amide bonds. The molecule has 0 spiro atoms. The number of rotatable bonds is 53. The van der Waals surface area contributed by atoms with Crippen molar-refractivity contribution < 1.29 is 105 Å². The molecule has 2 aliphatic carbocycles. The molecule has 93 heavy (non-hydrogen) atoms. The third-order valence-corrected chi connectivity index (χ3v) is 13.4. The highest BCUT2D eigenvalue weighted by molar-refractivity contribution is 5.90. The maximum Gasteiger partial charge on any atom is 0.407 e. The van der Waals surface area contributed by atoms with Crippen LogP contribution >= 0.6 is 0 Å². The Balaban J connectivity index is 0.000000930. The van der Waals surface area contributed by atoms with Crippen LogP contribution in [0.3, 0.4) is 0 Å². The van der Waals surface area contributed by atoms with Crippen LogP contribution < -0.4 is 43.0 Å². The number of esters is 2. The average Bonchev–Trinajstić information content (AvgIpc) is 0.866. The predicted octanol–water partition coefficient (Wildman–Crippen LogP) is 1.76. The van der Waals surface area contributed by atoms with E-state index in [0.717, 1.165) is 6.54 Å². The van der Waals surface area contributed by atoms with Gasteiger partial charge >= 0.3 is 24.1 Å². The Kier molecular flexibility index (Phi) is 51.3. The van der Waals surface area contributed by atoms with E-state index in [4.69, 9.17) is 72.0 Å². The van der Waals surface area contributed by atoms with Crippen LogP contribution in [0.5, 0.6) is 0 Å². The molecule has 30 heteroatoms. The monoisotopic (exact) mass is 1330 g/mol. The van der Waals surface area contributed by atoms with Crippen molar-refractivity contribution in [1.82, 2.24) is 37.2 Å². The molecule has 9 N–H and O–H groups in total. The van der Waals surface area contributed by atoms with E-state index in [-0.39, 0.29) is 101 Å². The second-order valence-corrected chi connectivity index (χ2v) is 20.8. The number of alkyl carbamates (subject to hydrolysis) is 2. The summed E-state index contributed by atoms with van der Waals surface area (Å²) < 4.78 is 76.4. The van der Waals surface area contributed by atoms with Gasteiger partial charge in [-0.3, -0.25) is 19.2 Å². The second-order valence-electron chi connectivity index (χ2n) is 20.8. The minimum absolute atomic E-state index is 0.00124. The van der Waals surface area contributed by atoms with Gasteiger partial charge in [-0.2, -0.15) is 0 Å². The van der Waals surface area contributed by atoms with Crippen molar-refractivity contribution in [2.24, 2.45) is 5.73 Å². The van der Waals surface area contributed by atoms with Crippen LogP contribution in [0.2, 0.25) is 0 Å². The molecule has 0 unspecified atom stereocenters. The molecule has 8 atom stereocenters. The number of ether oxygens (including phenoxy) is 14. The topological polar surface area (TPSA) is 376 Å². The summed E-state index contributed by atoms with van der Waals surface area (Å²) in [6.07, 6.45) is 5.24. The number of carbonyl (C=O) groups is 8. The van der Waals surface area contributed by atoms with Crippen molar-refractivity contribution >= 4 is 47.8 Å². The van der Waals surface area contributed by atoms with Gasteiger partial charge in [0.25, 0.3) is 0 Å². The standard InChI is InChI=1S/C32H56N4O11.C31H54N4O11/c1-6-13-46-32(40)36-27-22-25(31(39)45-8-3)23-28(30(27)35-24(4)37)47-26(7-2)9-11-34-29(38)10-14-41-16-18-43-20-21-44-19-17-42-15-12-33-5;1-5-12-45-31(39)35-26-21-24(30(38)44-7-3)22-27(29(26)34-23(4)36)46-25(6-2)8-11-33-28(37)9-13-40-15-17-42-19-20-43-18-16-41-14-10-32/h6,23,26-28,30,33H,1,7-22H2,2-5H3,(H,34,38)(H,35,37)(H,36,40);5,22,25-27,29H,1,6-21,32H2,2-4H3,(H,33,37)(H,34,36)(H,35,39)/t26-,27-,28+,30+;25-,26-,27+,29+/m00/s1. The van der Waals surface area contributed by atoms with Gasteiger partial charge in [-0.05, 0) is 58.7 Å². The lowest BCUT2D eigenvalue weighted by molar-refractivity contribution is -0.140. The molecule has 0 fully saturated rings. The van der Waals surface area contributed by atoms with Crippen molar-refractivity contribution in [3.05, 3.63) is 48.6 Å². The fourth-order valence-corrected chi connectivity index (χ4v) is 8.91. The summed E-state index contributed by atoms with van der Waals surface area (Å²) >= 11 is 0. The van der Waals surface area contributed by atoms with Crippen LogP contribution in [-0.2, 0) is 95.1 Å². The van der Waals surface area contributed by atoms with Crippen LogP contribution in [0, 0.1) is 0 Å². The molecule has 0 heterocycles. The summed E-state index contributed by atoms with van der Waals surface area (Å²) in [5.41, 5.74) is 5.97. The Labute approximate surface area is 549 Å². The Bertz CT molecular complexity index is 2180. The summed E-state index contributed by atoms with van der Waals surface area (Å²) in [5.74, 6) is -2.06. The van der Waals surface area contributed by atoms with Gasteiger partial charge in [-0.15, -0.1) is 0 Å². The SMILES string of the molecule is C=CCOC(=O)N[C@H]1CC(C(=O)OCC)=C[C@@H](O[C@@H](CC)CCNC(=O)CCOCCOCCOCCOCCN)[C@@H]1NC(C)=O.C=CCOC(=O)N[C@H]1CC(C(=O)OCC)=C[C@@H](O[C@@H](CC)CCNC(=O)CCOCCOCCOCCOCCNC)[C@@H]1NC(C)=O. The van der Waals surface area contributed by atoms with Gasteiger partial charge in [0.15, 0.2) is 0 Å². The van der Waals surface area contributed by atoms with E-state index >= 15 is 0 Å². The highest BCUT2D eigenvalue weighted by Crippen LogP contribution is 2.27. The Morgan fingerprint density at radius 3 is 1.15 bits per heavy atom. The molecule has 0 aromatic rings. The number of hydrogen-bond acceptors (Lipinski definition) is 24. The minimum Gasteiger partial charge on any atom is -0.463 e. The van der Waals surface area contributed by atoms with Crippen molar-refractivity contribution in [2.75, 3.05) is 165 Å². The molecule has 0 aromatic heterocycles. The van der Waals surface area contributed by atoms with Gasteiger partial charge in [0.05, 0.1) is 168 Å². The first-order chi connectivity index (χ1) is 45.0. The average molecular weight is 1330 g/mol. The third kappa shape index (κ3) is 42.7. The van der Waals surface area contributed by atoms with Crippen LogP contribution in [0.25, 0.3) is 0 Å². The number of amides is 6. The van der Waals surface area contributed by atoms with Gasteiger partial charge in [0, 0.05) is 76.9 Å². The Hall–Kier alpha value is -6.16. The summed E-state index contributed by atoms with van der Waals surface area (Å²) in [6.45, 7) is 26.4. The molecule has 534 valence electrons. The molecule has 0 aromatic carbocycles. The predicted molar refractivity (Wildman–Crippen MR) is 343 cm³/mol. The zero-order chi connectivity index (χ0) is 68.7. The summed E-state index contributed by atoms with van der Waals surface area (Å²) in [6, 6.07) is -2.80. The van der Waals surface area contributed by atoms with E-state index in [1.165, 1.54) is 26.0 Å². The van der Waals surface area contributed by atoms with Gasteiger partial charge in [0.1, 0.15) is 13.2 Å². The fourth-order valence-electron chi connectivity index (χ4n) is 8.91. The quantitative estimate of drug-likeness (QED) is 0.0186. The zero-order valence-corrected chi connectivity index (χ0v) is 56.0. The van der Waals surface area contributed by atoms with E-state index in [2.05, 4.69) is 50.4 Å². The first kappa shape index (κ1) is 84.9. The zero-order valence-electron chi connectivity index (χ0n) is 56.0. The van der Waals surface area contributed by atoms with Gasteiger partial charge in [-0.25, -0.2) is 19.2 Å². The van der Waals surface area contributed by atoms with Crippen LogP contribution in [0.1, 0.15) is 92.9 Å². The number of nitrogens with two attached hydrogens (primary N) is 1. The Morgan fingerprint density at radius 1 is 0.495 bits per heavy atom. The maximum absolute atomic E-state index is 12.7. The molecule has 0 saturated heterocycles. The number of hydrogen-bond donors (Lipinski definition) is 8. The van der Waals surface area contributed by atoms with E-state index in [1.807, 2.05) is 20.9 Å². The van der Waals surface area contributed by atoms with Crippen LogP contribution in [0.15, 0.2) is 48.6 Å². The van der Waals surface area contributed by atoms with E-state index in [9.17, 15) is 38.4 Å². The smallest absolute Gasteiger partial charge is 0.407 e. The van der Waals surface area contributed by atoms with Crippen molar-refractivity contribution in [2.45, 2.75) is 141 Å². The second kappa shape index (κ2) is 56.2. The lowest BCUT2D eigenvalue weighted by atomic mass is 9.87. The molecule has 30 nitrogen and oxygen atoms in total. The third-order valence-electron chi connectivity index (χ3n) is 13.4. The van der Waals surface area contributed by atoms with E-state index in [1.54, 1.807) is 26.0 Å². The Morgan fingerprint density at radius 2 is 0.839 bits per heavy atom.